The molecule has 106 valence electrons. The van der Waals surface area contributed by atoms with Crippen molar-refractivity contribution in [1.82, 2.24) is 4.98 Å². The molecule has 1 aromatic carbocycles. The minimum Gasteiger partial charge on any atom is -0.492 e. The van der Waals surface area contributed by atoms with Gasteiger partial charge >= 0.3 is 0 Å². The topological polar surface area (TPSA) is 77.2 Å². The van der Waals surface area contributed by atoms with Crippen LogP contribution in [0.5, 0.6) is 5.75 Å². The summed E-state index contributed by atoms with van der Waals surface area (Å²) in [7, 11) is 0. The van der Waals surface area contributed by atoms with Crippen molar-refractivity contribution >= 4 is 22.9 Å². The van der Waals surface area contributed by atoms with Gasteiger partial charge in [-0.05, 0) is 25.6 Å². The van der Waals surface area contributed by atoms with Crippen molar-refractivity contribution in [1.29, 1.82) is 0 Å². The Morgan fingerprint density at radius 1 is 1.45 bits per heavy atom. The summed E-state index contributed by atoms with van der Waals surface area (Å²) in [5.41, 5.74) is 6.53. The van der Waals surface area contributed by atoms with Gasteiger partial charge in [-0.25, -0.2) is 4.98 Å². The highest BCUT2D eigenvalue weighted by atomic mass is 32.1. The molecule has 0 fully saturated rings. The van der Waals surface area contributed by atoms with Crippen molar-refractivity contribution in [2.75, 3.05) is 18.5 Å². The zero-order chi connectivity index (χ0) is 14.4. The number of carbonyl (C=O) groups excluding carboxylic acids is 1. The molecule has 0 saturated carbocycles. The fourth-order valence-corrected chi connectivity index (χ4v) is 2.49. The van der Waals surface area contributed by atoms with Crippen molar-refractivity contribution in [2.45, 2.75) is 13.3 Å². The first-order valence-electron chi connectivity index (χ1n) is 6.42. The Morgan fingerprint density at radius 2 is 2.25 bits per heavy atom. The lowest BCUT2D eigenvalue weighted by Gasteiger charge is -2.10. The summed E-state index contributed by atoms with van der Waals surface area (Å²) in [6.45, 7) is 2.98. The van der Waals surface area contributed by atoms with Crippen LogP contribution >= 0.6 is 11.3 Å². The van der Waals surface area contributed by atoms with E-state index in [1.54, 1.807) is 11.4 Å². The molecule has 0 radical (unpaired) electrons. The van der Waals surface area contributed by atoms with Crippen LogP contribution in [0, 0.1) is 0 Å². The van der Waals surface area contributed by atoms with E-state index >= 15 is 0 Å². The van der Waals surface area contributed by atoms with Crippen LogP contribution in [0.15, 0.2) is 29.6 Å². The first kappa shape index (κ1) is 14.5. The predicted molar refractivity (Wildman–Crippen MR) is 80.4 cm³/mol. The fraction of sp³-hybridized carbons (Fsp3) is 0.286. The Bertz CT molecular complexity index is 583. The maximum atomic E-state index is 12.1. The average Bonchev–Trinajstić information content (AvgIpc) is 2.90. The number of anilines is 1. The number of hydrogen-bond acceptors (Lipinski definition) is 5. The van der Waals surface area contributed by atoms with Crippen LogP contribution in [-0.4, -0.2) is 24.0 Å². The Balaban J connectivity index is 2.10. The largest absolute Gasteiger partial charge is 0.492 e. The standard InChI is InChI=1S/C14H17N3O2S/c1-2-19-12-6-4-3-5-10(12)17-14(18)11-9-20-13(16-11)7-8-15/h3-6,9H,2,7-8,15H2,1H3,(H,17,18). The van der Waals surface area contributed by atoms with E-state index in [1.807, 2.05) is 25.1 Å². The number of amides is 1. The lowest BCUT2D eigenvalue weighted by Crippen LogP contribution is -2.13. The van der Waals surface area contributed by atoms with E-state index in [1.165, 1.54) is 11.3 Å². The number of carbonyl (C=O) groups is 1. The highest BCUT2D eigenvalue weighted by Gasteiger charge is 2.12. The first-order chi connectivity index (χ1) is 9.74. The third kappa shape index (κ3) is 3.55. The number of rotatable bonds is 6. The quantitative estimate of drug-likeness (QED) is 0.856. The molecule has 1 heterocycles. The summed E-state index contributed by atoms with van der Waals surface area (Å²) in [5.74, 6) is 0.414. The fourth-order valence-electron chi connectivity index (χ4n) is 1.69. The Hall–Kier alpha value is -1.92. The van der Waals surface area contributed by atoms with Gasteiger partial charge in [0.1, 0.15) is 11.4 Å². The molecule has 20 heavy (non-hydrogen) atoms. The predicted octanol–water partition coefficient (Wildman–Crippen LogP) is 2.30. The molecule has 0 aliphatic carbocycles. The van der Waals surface area contributed by atoms with Crippen LogP contribution in [0.4, 0.5) is 5.69 Å². The smallest absolute Gasteiger partial charge is 0.275 e. The van der Waals surface area contributed by atoms with E-state index in [2.05, 4.69) is 10.3 Å². The second-order valence-electron chi connectivity index (χ2n) is 4.05. The zero-order valence-electron chi connectivity index (χ0n) is 11.3. The highest BCUT2D eigenvalue weighted by Crippen LogP contribution is 2.24. The lowest BCUT2D eigenvalue weighted by atomic mass is 10.3. The molecule has 5 nitrogen and oxygen atoms in total. The molecule has 0 unspecified atom stereocenters. The third-order valence-electron chi connectivity index (χ3n) is 2.58. The van der Waals surface area contributed by atoms with Gasteiger partial charge in [0.05, 0.1) is 17.3 Å². The number of nitrogens with zero attached hydrogens (tertiary/aromatic N) is 1. The third-order valence-corrected chi connectivity index (χ3v) is 3.49. The van der Waals surface area contributed by atoms with Crippen LogP contribution in [0.1, 0.15) is 22.4 Å². The van der Waals surface area contributed by atoms with Gasteiger partial charge in [-0.1, -0.05) is 12.1 Å². The maximum Gasteiger partial charge on any atom is 0.275 e. The first-order valence-corrected chi connectivity index (χ1v) is 7.30. The molecule has 0 aliphatic rings. The van der Waals surface area contributed by atoms with Crippen molar-refractivity contribution < 1.29 is 9.53 Å². The minimum atomic E-state index is -0.239. The second kappa shape index (κ2) is 7.02. The zero-order valence-corrected chi connectivity index (χ0v) is 12.1. The molecule has 6 heteroatoms. The van der Waals surface area contributed by atoms with Gasteiger partial charge in [0.2, 0.25) is 0 Å². The number of benzene rings is 1. The van der Waals surface area contributed by atoms with Gasteiger partial charge < -0.3 is 15.8 Å². The van der Waals surface area contributed by atoms with Crippen molar-refractivity contribution in [2.24, 2.45) is 5.73 Å². The second-order valence-corrected chi connectivity index (χ2v) is 4.99. The Kier molecular flexibility index (Phi) is 5.09. The average molecular weight is 291 g/mol. The monoisotopic (exact) mass is 291 g/mol. The molecule has 3 N–H and O–H groups in total. The molecule has 0 atom stereocenters. The van der Waals surface area contributed by atoms with Gasteiger partial charge in [0.15, 0.2) is 0 Å². The summed E-state index contributed by atoms with van der Waals surface area (Å²) in [5, 5.41) is 5.43. The van der Waals surface area contributed by atoms with Gasteiger partial charge in [-0.2, -0.15) is 0 Å². The summed E-state index contributed by atoms with van der Waals surface area (Å²) >= 11 is 1.44. The Labute approximate surface area is 121 Å². The van der Waals surface area contributed by atoms with Crippen LogP contribution in [0.2, 0.25) is 0 Å². The van der Waals surface area contributed by atoms with Crippen molar-refractivity contribution in [3.63, 3.8) is 0 Å². The summed E-state index contributed by atoms with van der Waals surface area (Å²) in [6.07, 6.45) is 0.688. The molecule has 0 spiro atoms. The van der Waals surface area contributed by atoms with Gasteiger partial charge in [0, 0.05) is 11.8 Å². The van der Waals surface area contributed by atoms with Gasteiger partial charge in [-0.15, -0.1) is 11.3 Å². The maximum absolute atomic E-state index is 12.1. The minimum absolute atomic E-state index is 0.239. The van der Waals surface area contributed by atoms with Crippen LogP contribution < -0.4 is 15.8 Å². The molecule has 1 amide bonds. The number of nitrogens with one attached hydrogen (secondary N) is 1. The van der Waals surface area contributed by atoms with E-state index in [9.17, 15) is 4.79 Å². The molecule has 1 aromatic heterocycles. The highest BCUT2D eigenvalue weighted by molar-refractivity contribution is 7.09. The summed E-state index contributed by atoms with van der Waals surface area (Å²) in [4.78, 5) is 16.4. The van der Waals surface area contributed by atoms with Crippen LogP contribution in [-0.2, 0) is 6.42 Å². The van der Waals surface area contributed by atoms with Crippen LogP contribution in [0.25, 0.3) is 0 Å². The number of ether oxygens (including phenoxy) is 1. The van der Waals surface area contributed by atoms with E-state index in [-0.39, 0.29) is 5.91 Å². The number of nitrogens with two attached hydrogens (primary N) is 1. The SMILES string of the molecule is CCOc1ccccc1NC(=O)c1csc(CCN)n1. The van der Waals surface area contributed by atoms with E-state index in [0.29, 0.717) is 36.7 Å². The normalized spacial score (nSPS) is 10.3. The van der Waals surface area contributed by atoms with Gasteiger partial charge in [-0.3, -0.25) is 4.79 Å². The number of hydrogen-bond donors (Lipinski definition) is 2. The summed E-state index contributed by atoms with van der Waals surface area (Å²) < 4.78 is 5.47. The Morgan fingerprint density at radius 3 is 3.00 bits per heavy atom. The molecule has 2 rings (SSSR count). The molecular formula is C14H17N3O2S. The van der Waals surface area contributed by atoms with E-state index < -0.39 is 0 Å². The molecular weight excluding hydrogens is 274 g/mol. The van der Waals surface area contributed by atoms with E-state index in [4.69, 9.17) is 10.5 Å². The number of thiazole rings is 1. The molecule has 2 aromatic rings. The van der Waals surface area contributed by atoms with Gasteiger partial charge in [0.25, 0.3) is 5.91 Å². The van der Waals surface area contributed by atoms with E-state index in [0.717, 1.165) is 5.01 Å². The summed E-state index contributed by atoms with van der Waals surface area (Å²) in [6, 6.07) is 7.33. The molecule has 0 aliphatic heterocycles. The van der Waals surface area contributed by atoms with Crippen molar-refractivity contribution in [3.8, 4) is 5.75 Å². The lowest BCUT2D eigenvalue weighted by molar-refractivity contribution is 0.102. The van der Waals surface area contributed by atoms with Crippen LogP contribution in [0.3, 0.4) is 0 Å². The number of para-hydroxylation sites is 2. The number of aromatic nitrogens is 1. The molecule has 0 bridgehead atoms. The molecule has 0 saturated heterocycles. The van der Waals surface area contributed by atoms with Crippen molar-refractivity contribution in [3.05, 3.63) is 40.3 Å².